The second kappa shape index (κ2) is 7.75. The number of nitrogens with zero attached hydrogens (tertiary/aromatic N) is 2. The number of piperidine rings is 1. The van der Waals surface area contributed by atoms with Crippen LogP contribution in [0.3, 0.4) is 0 Å². The fraction of sp³-hybridized carbons (Fsp3) is 0.579. The van der Waals surface area contributed by atoms with Gasteiger partial charge in [-0.1, -0.05) is 6.42 Å². The molecule has 4 rings (SSSR count). The van der Waals surface area contributed by atoms with Gasteiger partial charge in [0.1, 0.15) is 5.82 Å². The van der Waals surface area contributed by atoms with E-state index in [4.69, 9.17) is 4.98 Å². The molecule has 2 aliphatic heterocycles. The van der Waals surface area contributed by atoms with Gasteiger partial charge >= 0.3 is 0 Å². The molecule has 0 unspecified atom stereocenters. The molecule has 1 aromatic heterocycles. The molecule has 1 amide bonds. The first-order valence-electron chi connectivity index (χ1n) is 9.24. The lowest BCUT2D eigenvalue weighted by Gasteiger charge is -2.27. The molecular weight excluding hydrogens is 336 g/mol. The van der Waals surface area contributed by atoms with Crippen LogP contribution in [-0.2, 0) is 17.8 Å². The predicted octanol–water partition coefficient (Wildman–Crippen LogP) is 3.51. The lowest BCUT2D eigenvalue weighted by atomic mass is 9.92. The summed E-state index contributed by atoms with van der Waals surface area (Å²) in [6.07, 6.45) is 6.62. The standard InChI is InChI=1S/C19H26N4O.ClH/c1-13-11-14(8-9-20-13)19(24)21-15-6-7-17-16(12-15)22-18-5-3-2-4-10-23(17)18;/h6-7,12-14,20H,2-5,8-11H2,1H3,(H,21,24);1H/t13-,14-;/m0./s1. The number of imidazole rings is 1. The Morgan fingerprint density at radius 2 is 2.20 bits per heavy atom. The SMILES string of the molecule is C[C@H]1C[C@@H](C(=O)Nc2ccc3c(c2)nc2n3CCCCC2)CCN1.Cl. The van der Waals surface area contributed by atoms with Crippen molar-refractivity contribution in [2.45, 2.75) is 58.0 Å². The van der Waals surface area contributed by atoms with Crippen molar-refractivity contribution in [3.8, 4) is 0 Å². The Hall–Kier alpha value is -1.59. The topological polar surface area (TPSA) is 59.0 Å². The molecular formula is C19H27ClN4O. The Kier molecular flexibility index (Phi) is 5.64. The number of fused-ring (bicyclic) bond motifs is 3. The maximum Gasteiger partial charge on any atom is 0.227 e. The zero-order valence-electron chi connectivity index (χ0n) is 14.8. The predicted molar refractivity (Wildman–Crippen MR) is 103 cm³/mol. The maximum absolute atomic E-state index is 12.5. The number of rotatable bonds is 2. The molecule has 2 aliphatic rings. The van der Waals surface area contributed by atoms with E-state index in [0.29, 0.717) is 6.04 Å². The summed E-state index contributed by atoms with van der Waals surface area (Å²) in [6.45, 7) is 4.13. The summed E-state index contributed by atoms with van der Waals surface area (Å²) in [5.41, 5.74) is 3.07. The summed E-state index contributed by atoms with van der Waals surface area (Å²) in [5, 5.41) is 6.50. The van der Waals surface area contributed by atoms with Crippen LogP contribution in [0.1, 0.15) is 44.9 Å². The first-order chi connectivity index (χ1) is 11.7. The van der Waals surface area contributed by atoms with E-state index in [1.54, 1.807) is 0 Å². The largest absolute Gasteiger partial charge is 0.328 e. The third-order valence-electron chi connectivity index (χ3n) is 5.37. The van der Waals surface area contributed by atoms with Crippen LogP contribution >= 0.6 is 12.4 Å². The first-order valence-corrected chi connectivity index (χ1v) is 9.24. The van der Waals surface area contributed by atoms with Crippen LogP contribution in [0.2, 0.25) is 0 Å². The number of nitrogens with one attached hydrogen (secondary N) is 2. The number of anilines is 1. The minimum Gasteiger partial charge on any atom is -0.328 e. The van der Waals surface area contributed by atoms with E-state index in [0.717, 1.165) is 43.6 Å². The summed E-state index contributed by atoms with van der Waals surface area (Å²) in [7, 11) is 0. The number of aryl methyl sites for hydroxylation is 2. The monoisotopic (exact) mass is 362 g/mol. The van der Waals surface area contributed by atoms with Gasteiger partial charge in [-0.15, -0.1) is 12.4 Å². The fourth-order valence-corrected chi connectivity index (χ4v) is 4.04. The van der Waals surface area contributed by atoms with Gasteiger partial charge in [-0.2, -0.15) is 0 Å². The van der Waals surface area contributed by atoms with Gasteiger partial charge in [0.15, 0.2) is 0 Å². The van der Waals surface area contributed by atoms with E-state index in [1.165, 1.54) is 30.6 Å². The fourth-order valence-electron chi connectivity index (χ4n) is 4.04. The van der Waals surface area contributed by atoms with Gasteiger partial charge < -0.3 is 15.2 Å². The van der Waals surface area contributed by atoms with Gasteiger partial charge in [0, 0.05) is 30.6 Å². The molecule has 2 N–H and O–H groups in total. The van der Waals surface area contributed by atoms with Gasteiger partial charge in [0.2, 0.25) is 5.91 Å². The van der Waals surface area contributed by atoms with E-state index in [2.05, 4.69) is 28.2 Å². The Labute approximate surface area is 155 Å². The number of carbonyl (C=O) groups is 1. The average Bonchev–Trinajstić information content (AvgIpc) is 2.75. The van der Waals surface area contributed by atoms with Crippen molar-refractivity contribution in [3.05, 3.63) is 24.0 Å². The molecule has 1 aromatic carbocycles. The third kappa shape index (κ3) is 3.82. The summed E-state index contributed by atoms with van der Waals surface area (Å²) < 4.78 is 2.35. The van der Waals surface area contributed by atoms with Gasteiger partial charge in [-0.05, 0) is 57.4 Å². The number of aromatic nitrogens is 2. The van der Waals surface area contributed by atoms with Gasteiger partial charge in [-0.3, -0.25) is 4.79 Å². The highest BCUT2D eigenvalue weighted by Crippen LogP contribution is 2.25. The van der Waals surface area contributed by atoms with Crippen LogP contribution < -0.4 is 10.6 Å². The Balaban J connectivity index is 0.00000182. The first kappa shape index (κ1) is 18.2. The van der Waals surface area contributed by atoms with Gasteiger partial charge in [0.25, 0.3) is 0 Å². The number of amides is 1. The molecule has 2 atom stereocenters. The zero-order valence-corrected chi connectivity index (χ0v) is 15.6. The van der Waals surface area contributed by atoms with Crippen molar-refractivity contribution >= 4 is 35.0 Å². The third-order valence-corrected chi connectivity index (χ3v) is 5.37. The van der Waals surface area contributed by atoms with E-state index in [9.17, 15) is 4.79 Å². The van der Waals surface area contributed by atoms with Crippen LogP contribution in [0.5, 0.6) is 0 Å². The Morgan fingerprint density at radius 1 is 1.32 bits per heavy atom. The zero-order chi connectivity index (χ0) is 16.5. The van der Waals surface area contributed by atoms with Crippen LogP contribution in [0, 0.1) is 5.92 Å². The number of halogens is 1. The van der Waals surface area contributed by atoms with Crippen molar-refractivity contribution in [3.63, 3.8) is 0 Å². The van der Waals surface area contributed by atoms with E-state index in [-0.39, 0.29) is 24.2 Å². The quantitative estimate of drug-likeness (QED) is 0.859. The molecule has 136 valence electrons. The van der Waals surface area contributed by atoms with E-state index < -0.39 is 0 Å². The number of benzene rings is 1. The van der Waals surface area contributed by atoms with E-state index in [1.807, 2.05) is 12.1 Å². The van der Waals surface area contributed by atoms with Crippen LogP contribution in [0.4, 0.5) is 5.69 Å². The molecule has 3 heterocycles. The van der Waals surface area contributed by atoms with Crippen molar-refractivity contribution < 1.29 is 4.79 Å². The Bertz CT molecular complexity index is 757. The molecule has 25 heavy (non-hydrogen) atoms. The summed E-state index contributed by atoms with van der Waals surface area (Å²) in [5.74, 6) is 1.44. The highest BCUT2D eigenvalue weighted by Gasteiger charge is 2.25. The molecule has 0 radical (unpaired) electrons. The highest BCUT2D eigenvalue weighted by molar-refractivity contribution is 5.94. The second-order valence-corrected chi connectivity index (χ2v) is 7.26. The molecule has 0 saturated carbocycles. The summed E-state index contributed by atoms with van der Waals surface area (Å²) >= 11 is 0. The minimum atomic E-state index is 0. The number of hydrogen-bond acceptors (Lipinski definition) is 3. The molecule has 1 fully saturated rings. The van der Waals surface area contributed by atoms with Crippen molar-refractivity contribution in [1.29, 1.82) is 0 Å². The van der Waals surface area contributed by atoms with Crippen molar-refractivity contribution in [2.75, 3.05) is 11.9 Å². The minimum absolute atomic E-state index is 0. The second-order valence-electron chi connectivity index (χ2n) is 7.26. The van der Waals surface area contributed by atoms with Crippen LogP contribution in [0.25, 0.3) is 11.0 Å². The number of hydrogen-bond donors (Lipinski definition) is 2. The lowest BCUT2D eigenvalue weighted by Crippen LogP contribution is -2.40. The van der Waals surface area contributed by atoms with Gasteiger partial charge in [-0.25, -0.2) is 4.98 Å². The summed E-state index contributed by atoms with van der Waals surface area (Å²) in [4.78, 5) is 17.3. The Morgan fingerprint density at radius 3 is 3.04 bits per heavy atom. The molecule has 2 aromatic rings. The molecule has 1 saturated heterocycles. The lowest BCUT2D eigenvalue weighted by molar-refractivity contribution is -0.120. The highest BCUT2D eigenvalue weighted by atomic mass is 35.5. The van der Waals surface area contributed by atoms with Gasteiger partial charge in [0.05, 0.1) is 11.0 Å². The molecule has 0 spiro atoms. The summed E-state index contributed by atoms with van der Waals surface area (Å²) in [6, 6.07) is 6.57. The smallest absolute Gasteiger partial charge is 0.227 e. The molecule has 0 bridgehead atoms. The normalized spacial score (nSPS) is 23.4. The number of carbonyl (C=O) groups excluding carboxylic acids is 1. The van der Waals surface area contributed by atoms with E-state index >= 15 is 0 Å². The molecule has 6 heteroatoms. The molecule has 0 aliphatic carbocycles. The van der Waals surface area contributed by atoms with Crippen molar-refractivity contribution in [1.82, 2.24) is 14.9 Å². The van der Waals surface area contributed by atoms with Crippen LogP contribution in [-0.4, -0.2) is 28.0 Å². The van der Waals surface area contributed by atoms with Crippen molar-refractivity contribution in [2.24, 2.45) is 5.92 Å². The molecule has 5 nitrogen and oxygen atoms in total. The average molecular weight is 363 g/mol. The maximum atomic E-state index is 12.5. The van der Waals surface area contributed by atoms with Crippen LogP contribution in [0.15, 0.2) is 18.2 Å².